The zero-order chi connectivity index (χ0) is 22.1. The van der Waals surface area contributed by atoms with Gasteiger partial charge in [-0.1, -0.05) is 17.7 Å². The van der Waals surface area contributed by atoms with Gasteiger partial charge in [-0.15, -0.1) is 0 Å². The summed E-state index contributed by atoms with van der Waals surface area (Å²) in [6.07, 6.45) is 2.94. The molecule has 2 aromatic carbocycles. The zero-order valence-corrected chi connectivity index (χ0v) is 18.2. The Balaban J connectivity index is 1.90. The van der Waals surface area contributed by atoms with Crippen LogP contribution < -0.4 is 24.2 Å². The number of rotatable bonds is 10. The lowest BCUT2D eigenvalue weighted by atomic mass is 10.1. The van der Waals surface area contributed by atoms with Crippen LogP contribution in [-0.2, 0) is 14.8 Å². The van der Waals surface area contributed by atoms with Crippen molar-refractivity contribution in [3.05, 3.63) is 53.6 Å². The van der Waals surface area contributed by atoms with Crippen LogP contribution in [0.5, 0.6) is 17.2 Å². The number of hydrogen-bond acceptors (Lipinski definition) is 6. The van der Waals surface area contributed by atoms with E-state index in [-0.39, 0.29) is 23.9 Å². The summed E-state index contributed by atoms with van der Waals surface area (Å²) in [6.45, 7) is 2.09. The Hall–Kier alpha value is -3.04. The van der Waals surface area contributed by atoms with Crippen LogP contribution in [0.25, 0.3) is 6.08 Å². The van der Waals surface area contributed by atoms with Gasteiger partial charge in [0.2, 0.25) is 21.7 Å². The van der Waals surface area contributed by atoms with Crippen LogP contribution in [0.2, 0.25) is 0 Å². The first-order valence-corrected chi connectivity index (χ1v) is 10.6. The summed E-state index contributed by atoms with van der Waals surface area (Å²) in [5.74, 6) is 1.05. The molecule has 30 heavy (non-hydrogen) atoms. The zero-order valence-electron chi connectivity index (χ0n) is 17.4. The smallest absolute Gasteiger partial charge is 0.244 e. The summed E-state index contributed by atoms with van der Waals surface area (Å²) in [5, 5.41) is 2.63. The summed E-state index contributed by atoms with van der Waals surface area (Å²) in [5.41, 5.74) is 1.65. The van der Waals surface area contributed by atoms with E-state index in [9.17, 15) is 13.2 Å². The summed E-state index contributed by atoms with van der Waals surface area (Å²) in [6, 6.07) is 9.95. The topological polar surface area (TPSA) is 103 Å². The molecule has 0 atom stereocenters. The standard InChI is InChI=1S/C21H26N2O6S/c1-15-5-8-17(9-6-15)30(25,26)23-12-11-22-20(24)10-7-16-13-18(27-2)21(29-4)19(14-16)28-3/h5-10,13-14,23H,11-12H2,1-4H3,(H,22,24)/b10-7+. The summed E-state index contributed by atoms with van der Waals surface area (Å²) >= 11 is 0. The maximum Gasteiger partial charge on any atom is 0.244 e. The molecule has 8 nitrogen and oxygen atoms in total. The van der Waals surface area contributed by atoms with E-state index in [0.29, 0.717) is 22.8 Å². The van der Waals surface area contributed by atoms with Crippen molar-refractivity contribution in [2.75, 3.05) is 34.4 Å². The number of ether oxygens (including phenoxy) is 3. The minimum Gasteiger partial charge on any atom is -0.493 e. The lowest BCUT2D eigenvalue weighted by Crippen LogP contribution is -2.34. The number of sulfonamides is 1. The quantitative estimate of drug-likeness (QED) is 0.439. The second-order valence-electron chi connectivity index (χ2n) is 6.29. The lowest BCUT2D eigenvalue weighted by molar-refractivity contribution is -0.116. The molecule has 162 valence electrons. The van der Waals surface area contributed by atoms with E-state index in [4.69, 9.17) is 14.2 Å². The molecule has 0 aliphatic heterocycles. The molecule has 2 aromatic rings. The molecule has 9 heteroatoms. The highest BCUT2D eigenvalue weighted by Crippen LogP contribution is 2.38. The lowest BCUT2D eigenvalue weighted by Gasteiger charge is -2.12. The highest BCUT2D eigenvalue weighted by atomic mass is 32.2. The van der Waals surface area contributed by atoms with E-state index < -0.39 is 10.0 Å². The molecule has 0 unspecified atom stereocenters. The third-order valence-corrected chi connectivity index (χ3v) is 5.64. The van der Waals surface area contributed by atoms with Gasteiger partial charge in [-0.2, -0.15) is 0 Å². The van der Waals surface area contributed by atoms with Crippen LogP contribution in [0.4, 0.5) is 0 Å². The number of carbonyl (C=O) groups excluding carboxylic acids is 1. The van der Waals surface area contributed by atoms with Gasteiger partial charge in [-0.05, 0) is 42.8 Å². The molecule has 2 N–H and O–H groups in total. The Morgan fingerprint density at radius 3 is 2.10 bits per heavy atom. The van der Waals surface area contributed by atoms with Crippen molar-refractivity contribution in [2.45, 2.75) is 11.8 Å². The minimum absolute atomic E-state index is 0.0694. The highest BCUT2D eigenvalue weighted by molar-refractivity contribution is 7.89. The second-order valence-corrected chi connectivity index (χ2v) is 8.06. The van der Waals surface area contributed by atoms with Gasteiger partial charge in [0.05, 0.1) is 26.2 Å². The molecule has 0 aliphatic rings. The molecule has 2 rings (SSSR count). The number of aryl methyl sites for hydroxylation is 1. The number of nitrogens with one attached hydrogen (secondary N) is 2. The predicted molar refractivity (Wildman–Crippen MR) is 115 cm³/mol. The number of benzene rings is 2. The van der Waals surface area contributed by atoms with Crippen LogP contribution in [0, 0.1) is 6.92 Å². The Morgan fingerprint density at radius 1 is 0.967 bits per heavy atom. The number of amides is 1. The van der Waals surface area contributed by atoms with Crippen molar-refractivity contribution in [3.63, 3.8) is 0 Å². The van der Waals surface area contributed by atoms with Gasteiger partial charge in [-0.25, -0.2) is 13.1 Å². The molecule has 0 spiro atoms. The minimum atomic E-state index is -3.61. The fraction of sp³-hybridized carbons (Fsp3) is 0.286. The van der Waals surface area contributed by atoms with E-state index in [1.165, 1.54) is 39.5 Å². The Morgan fingerprint density at radius 2 is 1.57 bits per heavy atom. The average Bonchev–Trinajstić information content (AvgIpc) is 2.74. The van der Waals surface area contributed by atoms with Crippen LogP contribution in [-0.4, -0.2) is 48.7 Å². The van der Waals surface area contributed by atoms with Crippen LogP contribution in [0.1, 0.15) is 11.1 Å². The fourth-order valence-corrected chi connectivity index (χ4v) is 3.63. The predicted octanol–water partition coefficient (Wildman–Crippen LogP) is 2.13. The van der Waals surface area contributed by atoms with Crippen molar-refractivity contribution in [1.29, 1.82) is 0 Å². The number of carbonyl (C=O) groups is 1. The Bertz CT molecular complexity index is 976. The van der Waals surface area contributed by atoms with Gasteiger partial charge in [0.25, 0.3) is 0 Å². The van der Waals surface area contributed by atoms with Crippen molar-refractivity contribution in [1.82, 2.24) is 10.0 Å². The van der Waals surface area contributed by atoms with Crippen LogP contribution in [0.15, 0.2) is 47.4 Å². The maximum atomic E-state index is 12.2. The molecule has 0 aliphatic carbocycles. The highest BCUT2D eigenvalue weighted by Gasteiger charge is 2.13. The van der Waals surface area contributed by atoms with Crippen molar-refractivity contribution >= 4 is 22.0 Å². The van der Waals surface area contributed by atoms with Gasteiger partial charge in [-0.3, -0.25) is 4.79 Å². The summed E-state index contributed by atoms with van der Waals surface area (Å²) in [7, 11) is 0.917. The molecule has 1 amide bonds. The molecule has 0 saturated carbocycles. The van der Waals surface area contributed by atoms with Gasteiger partial charge >= 0.3 is 0 Å². The van der Waals surface area contributed by atoms with E-state index >= 15 is 0 Å². The van der Waals surface area contributed by atoms with E-state index in [2.05, 4.69) is 10.0 Å². The van der Waals surface area contributed by atoms with E-state index in [1.807, 2.05) is 6.92 Å². The third-order valence-electron chi connectivity index (χ3n) is 4.16. The third kappa shape index (κ3) is 6.23. The van der Waals surface area contributed by atoms with Crippen LogP contribution >= 0.6 is 0 Å². The van der Waals surface area contributed by atoms with Crippen LogP contribution in [0.3, 0.4) is 0 Å². The molecular weight excluding hydrogens is 408 g/mol. The van der Waals surface area contributed by atoms with Gasteiger partial charge in [0.15, 0.2) is 11.5 Å². The second kappa shape index (κ2) is 10.7. The molecule has 0 fully saturated rings. The fourth-order valence-electron chi connectivity index (χ4n) is 2.60. The SMILES string of the molecule is COc1cc(/C=C/C(=O)NCCNS(=O)(=O)c2ccc(C)cc2)cc(OC)c1OC. The Labute approximate surface area is 176 Å². The first-order valence-electron chi connectivity index (χ1n) is 9.13. The molecular formula is C21H26N2O6S. The van der Waals surface area contributed by atoms with Crippen molar-refractivity contribution < 1.29 is 27.4 Å². The van der Waals surface area contributed by atoms with Gasteiger partial charge in [0, 0.05) is 19.2 Å². The molecule has 0 saturated heterocycles. The first kappa shape index (κ1) is 23.2. The van der Waals surface area contributed by atoms with Crippen molar-refractivity contribution in [3.8, 4) is 17.2 Å². The van der Waals surface area contributed by atoms with Gasteiger partial charge < -0.3 is 19.5 Å². The van der Waals surface area contributed by atoms with Gasteiger partial charge in [0.1, 0.15) is 0 Å². The largest absolute Gasteiger partial charge is 0.493 e. The monoisotopic (exact) mass is 434 g/mol. The molecule has 0 aromatic heterocycles. The van der Waals surface area contributed by atoms with E-state index in [1.54, 1.807) is 30.3 Å². The molecule has 0 bridgehead atoms. The number of hydrogen-bond donors (Lipinski definition) is 2. The summed E-state index contributed by atoms with van der Waals surface area (Å²) < 4.78 is 42.7. The first-order chi connectivity index (χ1) is 14.3. The maximum absolute atomic E-state index is 12.2. The van der Waals surface area contributed by atoms with Crippen molar-refractivity contribution in [2.24, 2.45) is 0 Å². The molecule has 0 heterocycles. The molecule has 0 radical (unpaired) electrons. The number of methoxy groups -OCH3 is 3. The normalized spacial score (nSPS) is 11.3. The van der Waals surface area contributed by atoms with E-state index in [0.717, 1.165) is 5.56 Å². The Kier molecular flexibility index (Phi) is 8.25. The average molecular weight is 435 g/mol. The summed E-state index contributed by atoms with van der Waals surface area (Å²) in [4.78, 5) is 12.2.